The van der Waals surface area contributed by atoms with Gasteiger partial charge in [-0.25, -0.2) is 0 Å². The van der Waals surface area contributed by atoms with Gasteiger partial charge in [0.25, 0.3) is 6.47 Å². The molecule has 0 amide bonds. The number of aryl methyl sites for hydroxylation is 3. The van der Waals surface area contributed by atoms with Crippen LogP contribution >= 0.6 is 0 Å². The third-order valence-electron chi connectivity index (χ3n) is 2.14. The molecule has 0 radical (unpaired) electrons. The average molecular weight is 178 g/mol. The first-order chi connectivity index (χ1) is 6.15. The summed E-state index contributed by atoms with van der Waals surface area (Å²) in [5.41, 5.74) is 4.71. The SMILES string of the molecule is Cc1cc(C)c(COC=O)c(C)c1. The Labute approximate surface area is 78.5 Å². The molecule has 70 valence electrons. The third kappa shape index (κ3) is 2.31. The van der Waals surface area contributed by atoms with Crippen molar-refractivity contribution >= 4 is 6.47 Å². The molecule has 0 bridgehead atoms. The lowest BCUT2D eigenvalue weighted by Gasteiger charge is -2.09. The molecule has 0 spiro atoms. The second-order valence-electron chi connectivity index (χ2n) is 3.28. The minimum Gasteiger partial charge on any atom is -0.463 e. The standard InChI is InChI=1S/C11H14O2/c1-8-4-9(2)11(6-13-7-12)10(3)5-8/h4-5,7H,6H2,1-3H3. The van der Waals surface area contributed by atoms with Crippen LogP contribution in [0.25, 0.3) is 0 Å². The topological polar surface area (TPSA) is 26.3 Å². The molecular weight excluding hydrogens is 164 g/mol. The Balaban J connectivity index is 2.98. The average Bonchev–Trinajstić information content (AvgIpc) is 2.02. The van der Waals surface area contributed by atoms with Crippen LogP contribution in [0.2, 0.25) is 0 Å². The van der Waals surface area contributed by atoms with Gasteiger partial charge in [0.05, 0.1) is 0 Å². The van der Waals surface area contributed by atoms with Crippen molar-refractivity contribution in [3.8, 4) is 0 Å². The first kappa shape index (κ1) is 9.78. The molecule has 0 aliphatic carbocycles. The van der Waals surface area contributed by atoms with Crippen molar-refractivity contribution in [1.29, 1.82) is 0 Å². The van der Waals surface area contributed by atoms with Crippen LogP contribution in [0.4, 0.5) is 0 Å². The largest absolute Gasteiger partial charge is 0.463 e. The number of hydrogen-bond acceptors (Lipinski definition) is 2. The number of ether oxygens (including phenoxy) is 1. The van der Waals surface area contributed by atoms with E-state index < -0.39 is 0 Å². The zero-order valence-electron chi connectivity index (χ0n) is 8.26. The van der Waals surface area contributed by atoms with Gasteiger partial charge in [-0.3, -0.25) is 4.79 Å². The maximum Gasteiger partial charge on any atom is 0.293 e. The second kappa shape index (κ2) is 4.08. The Kier molecular flexibility index (Phi) is 3.07. The summed E-state index contributed by atoms with van der Waals surface area (Å²) in [7, 11) is 0. The fraction of sp³-hybridized carbons (Fsp3) is 0.364. The predicted molar refractivity (Wildman–Crippen MR) is 51.5 cm³/mol. The van der Waals surface area contributed by atoms with E-state index in [9.17, 15) is 4.79 Å². The van der Waals surface area contributed by atoms with Gasteiger partial charge >= 0.3 is 0 Å². The van der Waals surface area contributed by atoms with Crippen molar-refractivity contribution in [3.63, 3.8) is 0 Å². The first-order valence-corrected chi connectivity index (χ1v) is 4.27. The van der Waals surface area contributed by atoms with E-state index in [0.29, 0.717) is 13.1 Å². The number of benzene rings is 1. The summed E-state index contributed by atoms with van der Waals surface area (Å²) in [6.07, 6.45) is 0. The number of carbonyl (C=O) groups excluding carboxylic acids is 1. The minimum atomic E-state index is 0.376. The molecule has 13 heavy (non-hydrogen) atoms. The minimum absolute atomic E-state index is 0.376. The first-order valence-electron chi connectivity index (χ1n) is 4.27. The van der Waals surface area contributed by atoms with Crippen LogP contribution in [0.1, 0.15) is 22.3 Å². The summed E-state index contributed by atoms with van der Waals surface area (Å²) in [4.78, 5) is 10.0. The molecule has 1 rings (SSSR count). The van der Waals surface area contributed by atoms with Gasteiger partial charge in [0.1, 0.15) is 6.61 Å². The fourth-order valence-corrected chi connectivity index (χ4v) is 1.55. The van der Waals surface area contributed by atoms with E-state index in [0.717, 1.165) is 5.56 Å². The van der Waals surface area contributed by atoms with Gasteiger partial charge in [-0.1, -0.05) is 17.7 Å². The third-order valence-corrected chi connectivity index (χ3v) is 2.14. The molecule has 0 aliphatic rings. The highest BCUT2D eigenvalue weighted by Crippen LogP contribution is 2.16. The lowest BCUT2D eigenvalue weighted by atomic mass is 10.0. The molecule has 0 aromatic heterocycles. The van der Waals surface area contributed by atoms with Crippen molar-refractivity contribution < 1.29 is 9.53 Å². The number of rotatable bonds is 3. The van der Waals surface area contributed by atoms with Crippen molar-refractivity contribution in [2.24, 2.45) is 0 Å². The Morgan fingerprint density at radius 3 is 2.23 bits per heavy atom. The van der Waals surface area contributed by atoms with Gasteiger partial charge in [-0.15, -0.1) is 0 Å². The van der Waals surface area contributed by atoms with E-state index in [1.807, 2.05) is 13.8 Å². The fourth-order valence-electron chi connectivity index (χ4n) is 1.55. The van der Waals surface area contributed by atoms with E-state index in [-0.39, 0.29) is 0 Å². The molecule has 0 heterocycles. The normalized spacial score (nSPS) is 9.77. The van der Waals surface area contributed by atoms with Crippen molar-refractivity contribution in [1.82, 2.24) is 0 Å². The number of hydrogen-bond donors (Lipinski definition) is 0. The van der Waals surface area contributed by atoms with Crippen molar-refractivity contribution in [3.05, 3.63) is 34.4 Å². The van der Waals surface area contributed by atoms with Gasteiger partial charge in [0.2, 0.25) is 0 Å². The lowest BCUT2D eigenvalue weighted by molar-refractivity contribution is -0.129. The Morgan fingerprint density at radius 1 is 1.23 bits per heavy atom. The van der Waals surface area contributed by atoms with E-state index in [4.69, 9.17) is 4.74 Å². The Morgan fingerprint density at radius 2 is 1.77 bits per heavy atom. The molecule has 0 atom stereocenters. The van der Waals surface area contributed by atoms with Gasteiger partial charge in [0.15, 0.2) is 0 Å². The van der Waals surface area contributed by atoms with E-state index in [1.165, 1.54) is 16.7 Å². The summed E-state index contributed by atoms with van der Waals surface area (Å²) in [6, 6.07) is 4.19. The van der Waals surface area contributed by atoms with Crippen LogP contribution in [0.5, 0.6) is 0 Å². The van der Waals surface area contributed by atoms with Crippen molar-refractivity contribution in [2.75, 3.05) is 0 Å². The molecule has 2 heteroatoms. The van der Waals surface area contributed by atoms with Crippen LogP contribution in [0.3, 0.4) is 0 Å². The molecule has 0 aliphatic heterocycles. The van der Waals surface area contributed by atoms with Crippen LogP contribution in [-0.4, -0.2) is 6.47 Å². The monoisotopic (exact) mass is 178 g/mol. The van der Waals surface area contributed by atoms with Gasteiger partial charge < -0.3 is 4.74 Å². The molecule has 0 fully saturated rings. The van der Waals surface area contributed by atoms with E-state index in [1.54, 1.807) is 0 Å². The smallest absolute Gasteiger partial charge is 0.293 e. The van der Waals surface area contributed by atoms with Gasteiger partial charge in [0, 0.05) is 0 Å². The summed E-state index contributed by atoms with van der Waals surface area (Å²) < 4.78 is 4.74. The maximum atomic E-state index is 10.0. The highest BCUT2D eigenvalue weighted by Gasteiger charge is 2.03. The summed E-state index contributed by atoms with van der Waals surface area (Å²) in [5, 5.41) is 0. The van der Waals surface area contributed by atoms with Crippen LogP contribution in [0, 0.1) is 20.8 Å². The summed E-state index contributed by atoms with van der Waals surface area (Å²) in [6.45, 7) is 6.98. The van der Waals surface area contributed by atoms with Gasteiger partial charge in [-0.05, 0) is 37.5 Å². The maximum absolute atomic E-state index is 10.0. The van der Waals surface area contributed by atoms with E-state index in [2.05, 4.69) is 19.1 Å². The molecule has 1 aromatic carbocycles. The molecule has 0 saturated heterocycles. The molecule has 0 saturated carbocycles. The lowest BCUT2D eigenvalue weighted by Crippen LogP contribution is -1.97. The Bertz CT molecular complexity index is 293. The summed E-state index contributed by atoms with van der Waals surface area (Å²) in [5.74, 6) is 0. The van der Waals surface area contributed by atoms with Crippen LogP contribution in [-0.2, 0) is 16.1 Å². The van der Waals surface area contributed by atoms with E-state index >= 15 is 0 Å². The quantitative estimate of drug-likeness (QED) is 0.664. The molecule has 2 nitrogen and oxygen atoms in total. The molecule has 0 unspecified atom stereocenters. The molecular formula is C11H14O2. The highest BCUT2D eigenvalue weighted by atomic mass is 16.5. The van der Waals surface area contributed by atoms with Crippen LogP contribution in [0.15, 0.2) is 12.1 Å². The number of carbonyl (C=O) groups is 1. The predicted octanol–water partition coefficient (Wildman–Crippen LogP) is 2.28. The highest BCUT2D eigenvalue weighted by molar-refractivity contribution is 5.40. The van der Waals surface area contributed by atoms with Gasteiger partial charge in [-0.2, -0.15) is 0 Å². The zero-order chi connectivity index (χ0) is 9.84. The molecule has 0 N–H and O–H groups in total. The zero-order valence-corrected chi connectivity index (χ0v) is 8.26. The Hall–Kier alpha value is -1.31. The van der Waals surface area contributed by atoms with Crippen LogP contribution < -0.4 is 0 Å². The second-order valence-corrected chi connectivity index (χ2v) is 3.28. The van der Waals surface area contributed by atoms with Crippen molar-refractivity contribution in [2.45, 2.75) is 27.4 Å². The molecule has 1 aromatic rings. The summed E-state index contributed by atoms with van der Waals surface area (Å²) >= 11 is 0.